The van der Waals surface area contributed by atoms with Crippen LogP contribution >= 0.6 is 0 Å². The van der Waals surface area contributed by atoms with Gasteiger partial charge in [-0.1, -0.05) is 63.4 Å². The number of carbonyl (C=O) groups is 2. The molecule has 1 aromatic carbocycles. The number of rotatable bonds is 12. The molecule has 0 aromatic heterocycles. The van der Waals surface area contributed by atoms with E-state index in [2.05, 4.69) is 24.2 Å². The lowest BCUT2D eigenvalue weighted by atomic mass is 9.89. The smallest absolute Gasteiger partial charge is 0.340 e. The Hall–Kier alpha value is -2.17. The number of unbranched alkanes of at least 4 members (excludes halogenated alkanes) is 1. The van der Waals surface area contributed by atoms with Crippen molar-refractivity contribution >= 4 is 18.2 Å². The van der Waals surface area contributed by atoms with Crippen molar-refractivity contribution in [3.05, 3.63) is 35.9 Å². The number of nitrogens with one attached hydrogen (secondary N) is 1. The van der Waals surface area contributed by atoms with Crippen LogP contribution in [0.1, 0.15) is 64.4 Å². The Morgan fingerprint density at radius 2 is 1.81 bits per heavy atom. The van der Waals surface area contributed by atoms with E-state index in [0.717, 1.165) is 50.5 Å². The zero-order chi connectivity index (χ0) is 19.2. The number of benzene rings is 1. The molecule has 0 bridgehead atoms. The van der Waals surface area contributed by atoms with E-state index >= 15 is 0 Å². The van der Waals surface area contributed by atoms with Crippen molar-refractivity contribution in [3.8, 4) is 0 Å². The summed E-state index contributed by atoms with van der Waals surface area (Å²) in [6.07, 6.45) is 8.32. The minimum atomic E-state index is -0.324. The lowest BCUT2D eigenvalue weighted by Gasteiger charge is -2.19. The van der Waals surface area contributed by atoms with Crippen LogP contribution in [0, 0.1) is 11.8 Å². The molecule has 0 saturated carbocycles. The van der Waals surface area contributed by atoms with E-state index in [9.17, 15) is 9.59 Å². The summed E-state index contributed by atoms with van der Waals surface area (Å²) in [5, 5.41) is 2.89. The molecule has 144 valence electrons. The molecule has 1 aromatic rings. The lowest BCUT2D eigenvalue weighted by Crippen LogP contribution is -2.29. The van der Waals surface area contributed by atoms with Crippen LogP contribution in [0.3, 0.4) is 0 Å². The first-order valence-corrected chi connectivity index (χ1v) is 9.73. The summed E-state index contributed by atoms with van der Waals surface area (Å²) in [5.74, 6) is 0.0815. The monoisotopic (exact) mass is 359 g/mol. The van der Waals surface area contributed by atoms with E-state index in [-0.39, 0.29) is 17.9 Å². The number of hydrogen-bond donors (Lipinski definition) is 2. The molecule has 0 aliphatic rings. The second-order valence-corrected chi connectivity index (χ2v) is 6.83. The average molecular weight is 360 g/mol. The largest absolute Gasteiger partial charge is 0.369 e. The predicted octanol–water partition coefficient (Wildman–Crippen LogP) is 4.30. The van der Waals surface area contributed by atoms with Gasteiger partial charge in [0.2, 0.25) is 5.91 Å². The molecule has 0 saturated heterocycles. The van der Waals surface area contributed by atoms with Gasteiger partial charge in [-0.3, -0.25) is 4.79 Å². The van der Waals surface area contributed by atoms with Crippen molar-refractivity contribution in [1.29, 1.82) is 0 Å². The SMILES string of the molecule is CCCCC(CCC(CCC)C(N)=O)CNC(=O)N=Cc1ccccc1. The van der Waals surface area contributed by atoms with Crippen LogP contribution in [0.15, 0.2) is 35.3 Å². The normalized spacial score (nSPS) is 13.5. The fourth-order valence-electron chi connectivity index (χ4n) is 3.01. The van der Waals surface area contributed by atoms with E-state index in [0.29, 0.717) is 12.5 Å². The third kappa shape index (κ3) is 9.35. The van der Waals surface area contributed by atoms with Gasteiger partial charge in [0.15, 0.2) is 0 Å². The highest BCUT2D eigenvalue weighted by Crippen LogP contribution is 2.20. The van der Waals surface area contributed by atoms with E-state index in [1.165, 1.54) is 0 Å². The van der Waals surface area contributed by atoms with E-state index in [1.807, 2.05) is 30.3 Å². The van der Waals surface area contributed by atoms with Crippen LogP contribution in [0.2, 0.25) is 0 Å². The molecule has 1 rings (SSSR count). The number of hydrogen-bond acceptors (Lipinski definition) is 2. The first kappa shape index (κ1) is 21.9. The quantitative estimate of drug-likeness (QED) is 0.545. The number of amides is 3. The van der Waals surface area contributed by atoms with Crippen LogP contribution in [-0.4, -0.2) is 24.7 Å². The number of urea groups is 1. The van der Waals surface area contributed by atoms with E-state index in [1.54, 1.807) is 6.21 Å². The second-order valence-electron chi connectivity index (χ2n) is 6.83. The number of nitrogens with two attached hydrogens (primary N) is 1. The van der Waals surface area contributed by atoms with E-state index < -0.39 is 0 Å². The van der Waals surface area contributed by atoms with Crippen LogP contribution in [0.4, 0.5) is 4.79 Å². The van der Waals surface area contributed by atoms with Gasteiger partial charge in [0.05, 0.1) is 0 Å². The fraction of sp³-hybridized carbons (Fsp3) is 0.571. The Balaban J connectivity index is 2.48. The van der Waals surface area contributed by atoms with E-state index in [4.69, 9.17) is 5.73 Å². The number of primary amides is 1. The molecular formula is C21H33N3O2. The Bertz CT molecular complexity index is 558. The Labute approximate surface area is 157 Å². The summed E-state index contributed by atoms with van der Waals surface area (Å²) < 4.78 is 0. The Morgan fingerprint density at radius 1 is 1.08 bits per heavy atom. The van der Waals surface area contributed by atoms with Gasteiger partial charge in [-0.2, -0.15) is 0 Å². The molecule has 0 radical (unpaired) electrons. The standard InChI is InChI=1S/C21H33N3O2/c1-3-5-10-18(13-14-19(9-4-2)20(22)25)16-24-21(26)23-15-17-11-7-6-8-12-17/h6-8,11-12,15,18-19H,3-5,9-10,13-14,16H2,1-2H3,(H2,22,25)(H,24,26). The fourth-order valence-corrected chi connectivity index (χ4v) is 3.01. The average Bonchev–Trinajstić information content (AvgIpc) is 2.65. The molecular weight excluding hydrogens is 326 g/mol. The van der Waals surface area contributed by atoms with Gasteiger partial charge >= 0.3 is 6.03 Å². The molecule has 5 nitrogen and oxygen atoms in total. The number of aliphatic imine (C=N–C) groups is 1. The molecule has 5 heteroatoms. The first-order valence-electron chi connectivity index (χ1n) is 9.73. The summed E-state index contributed by atoms with van der Waals surface area (Å²) in [7, 11) is 0. The summed E-state index contributed by atoms with van der Waals surface area (Å²) in [6.45, 7) is 4.81. The van der Waals surface area contributed by atoms with Gasteiger partial charge < -0.3 is 11.1 Å². The minimum absolute atomic E-state index is 0.0593. The maximum atomic E-state index is 12.0. The minimum Gasteiger partial charge on any atom is -0.369 e. The van der Waals surface area contributed by atoms with Crippen LogP contribution in [0.25, 0.3) is 0 Å². The van der Waals surface area contributed by atoms with Gasteiger partial charge in [-0.05, 0) is 37.2 Å². The Morgan fingerprint density at radius 3 is 2.42 bits per heavy atom. The van der Waals surface area contributed by atoms with Crippen molar-refractivity contribution in [2.24, 2.45) is 22.6 Å². The summed E-state index contributed by atoms with van der Waals surface area (Å²) in [5.41, 5.74) is 6.40. The van der Waals surface area contributed by atoms with Crippen LogP contribution in [0.5, 0.6) is 0 Å². The van der Waals surface area contributed by atoms with Crippen LogP contribution in [-0.2, 0) is 4.79 Å². The molecule has 0 aliphatic carbocycles. The molecule has 3 amide bonds. The lowest BCUT2D eigenvalue weighted by molar-refractivity contribution is -0.122. The number of nitrogens with zero attached hydrogens (tertiary/aromatic N) is 1. The third-order valence-corrected chi connectivity index (χ3v) is 4.60. The summed E-state index contributed by atoms with van der Waals surface area (Å²) in [6, 6.07) is 9.22. The molecule has 2 atom stereocenters. The molecule has 3 N–H and O–H groups in total. The van der Waals surface area contributed by atoms with Crippen molar-refractivity contribution in [3.63, 3.8) is 0 Å². The van der Waals surface area contributed by atoms with Gasteiger partial charge in [0.1, 0.15) is 0 Å². The predicted molar refractivity (Wildman–Crippen MR) is 107 cm³/mol. The molecule has 26 heavy (non-hydrogen) atoms. The topological polar surface area (TPSA) is 84.5 Å². The Kier molecular flexibility index (Phi) is 11.0. The number of carbonyl (C=O) groups excluding carboxylic acids is 2. The van der Waals surface area contributed by atoms with Gasteiger partial charge in [-0.25, -0.2) is 9.79 Å². The highest BCUT2D eigenvalue weighted by molar-refractivity contribution is 5.90. The van der Waals surface area contributed by atoms with Crippen molar-refractivity contribution in [2.45, 2.75) is 58.8 Å². The van der Waals surface area contributed by atoms with Gasteiger partial charge in [0, 0.05) is 18.7 Å². The highest BCUT2D eigenvalue weighted by Gasteiger charge is 2.17. The summed E-state index contributed by atoms with van der Waals surface area (Å²) >= 11 is 0. The van der Waals surface area contributed by atoms with Crippen molar-refractivity contribution < 1.29 is 9.59 Å². The van der Waals surface area contributed by atoms with Crippen molar-refractivity contribution in [2.75, 3.05) is 6.54 Å². The second kappa shape index (κ2) is 13.1. The molecule has 2 unspecified atom stereocenters. The first-order chi connectivity index (χ1) is 12.6. The molecule has 0 aliphatic heterocycles. The molecule has 0 spiro atoms. The van der Waals surface area contributed by atoms with Crippen LogP contribution < -0.4 is 11.1 Å². The maximum absolute atomic E-state index is 12.0. The molecule has 0 fully saturated rings. The van der Waals surface area contributed by atoms with Gasteiger partial charge in [0.25, 0.3) is 0 Å². The van der Waals surface area contributed by atoms with Crippen molar-refractivity contribution in [1.82, 2.24) is 5.32 Å². The third-order valence-electron chi connectivity index (χ3n) is 4.60. The van der Waals surface area contributed by atoms with Gasteiger partial charge in [-0.15, -0.1) is 0 Å². The zero-order valence-corrected chi connectivity index (χ0v) is 16.1. The molecule has 0 heterocycles. The maximum Gasteiger partial charge on any atom is 0.340 e. The zero-order valence-electron chi connectivity index (χ0n) is 16.1. The highest BCUT2D eigenvalue weighted by atomic mass is 16.2. The summed E-state index contributed by atoms with van der Waals surface area (Å²) in [4.78, 5) is 27.4.